The van der Waals surface area contributed by atoms with Crippen LogP contribution in [-0.4, -0.2) is 34.6 Å². The number of β-amino-alcohol motifs (C(OH)–C–C–N with tert-alkyl or cyclic N) is 1. The van der Waals surface area contributed by atoms with Crippen LogP contribution in [0.15, 0.2) is 18.2 Å². The Hall–Kier alpha value is -1.55. The minimum absolute atomic E-state index is 0.0485. The third-order valence-electron chi connectivity index (χ3n) is 3.35. The highest BCUT2D eigenvalue weighted by molar-refractivity contribution is 5.97. The molecule has 1 aliphatic heterocycles. The van der Waals surface area contributed by atoms with E-state index in [4.69, 9.17) is 5.73 Å². The highest BCUT2D eigenvalue weighted by atomic mass is 16.3. The molecular weight excluding hydrogens is 216 g/mol. The van der Waals surface area contributed by atoms with Crippen molar-refractivity contribution in [1.82, 2.24) is 4.90 Å². The zero-order valence-electron chi connectivity index (χ0n) is 10.2. The van der Waals surface area contributed by atoms with E-state index < -0.39 is 5.60 Å². The number of nitrogens with zero attached hydrogens (tertiary/aromatic N) is 1. The lowest BCUT2D eigenvalue weighted by Gasteiger charge is -2.20. The summed E-state index contributed by atoms with van der Waals surface area (Å²) in [6, 6.07) is 5.34. The summed E-state index contributed by atoms with van der Waals surface area (Å²) in [6.07, 6.45) is 0.625. The smallest absolute Gasteiger partial charge is 0.254 e. The maximum absolute atomic E-state index is 12.3. The summed E-state index contributed by atoms with van der Waals surface area (Å²) in [4.78, 5) is 13.9. The molecule has 92 valence electrons. The van der Waals surface area contributed by atoms with Gasteiger partial charge in [-0.15, -0.1) is 0 Å². The minimum Gasteiger partial charge on any atom is -0.398 e. The van der Waals surface area contributed by atoms with Crippen molar-refractivity contribution < 1.29 is 9.90 Å². The molecule has 0 radical (unpaired) electrons. The molecule has 1 aliphatic rings. The summed E-state index contributed by atoms with van der Waals surface area (Å²) in [5, 5.41) is 9.87. The zero-order chi connectivity index (χ0) is 12.6. The summed E-state index contributed by atoms with van der Waals surface area (Å²) in [5.41, 5.74) is 7.09. The Labute approximate surface area is 101 Å². The second-order valence-electron chi connectivity index (χ2n) is 4.99. The first kappa shape index (κ1) is 11.9. The summed E-state index contributed by atoms with van der Waals surface area (Å²) in [6.45, 7) is 4.59. The van der Waals surface area contributed by atoms with Crippen molar-refractivity contribution in [3.05, 3.63) is 29.3 Å². The molecule has 0 aliphatic carbocycles. The van der Waals surface area contributed by atoms with Crippen LogP contribution in [0.4, 0.5) is 5.69 Å². The summed E-state index contributed by atoms with van der Waals surface area (Å²) in [5.74, 6) is -0.0485. The molecule has 0 spiro atoms. The van der Waals surface area contributed by atoms with Crippen LogP contribution in [0.3, 0.4) is 0 Å². The van der Waals surface area contributed by atoms with Gasteiger partial charge in [0.1, 0.15) is 0 Å². The molecule has 0 bridgehead atoms. The fourth-order valence-electron chi connectivity index (χ4n) is 2.17. The van der Waals surface area contributed by atoms with Gasteiger partial charge in [-0.3, -0.25) is 4.79 Å². The van der Waals surface area contributed by atoms with Gasteiger partial charge < -0.3 is 15.7 Å². The molecule has 1 fully saturated rings. The highest BCUT2D eigenvalue weighted by Gasteiger charge is 2.34. The molecule has 1 heterocycles. The Morgan fingerprint density at radius 2 is 2.24 bits per heavy atom. The van der Waals surface area contributed by atoms with Gasteiger partial charge in [0.15, 0.2) is 0 Å². The van der Waals surface area contributed by atoms with Crippen LogP contribution in [0.2, 0.25) is 0 Å². The maximum Gasteiger partial charge on any atom is 0.254 e. The van der Waals surface area contributed by atoms with Crippen LogP contribution in [0.1, 0.15) is 29.3 Å². The van der Waals surface area contributed by atoms with Crippen molar-refractivity contribution >= 4 is 11.6 Å². The molecule has 1 aromatic rings. The van der Waals surface area contributed by atoms with E-state index in [-0.39, 0.29) is 5.91 Å². The number of hydrogen-bond donors (Lipinski definition) is 2. The molecule has 1 saturated heterocycles. The number of aliphatic hydroxyl groups is 1. The number of anilines is 1. The van der Waals surface area contributed by atoms with Crippen molar-refractivity contribution in [2.75, 3.05) is 18.8 Å². The predicted molar refractivity (Wildman–Crippen MR) is 66.7 cm³/mol. The quantitative estimate of drug-likeness (QED) is 0.717. The lowest BCUT2D eigenvalue weighted by Crippen LogP contribution is -2.34. The van der Waals surface area contributed by atoms with Crippen molar-refractivity contribution in [3.63, 3.8) is 0 Å². The zero-order valence-corrected chi connectivity index (χ0v) is 10.2. The first-order valence-electron chi connectivity index (χ1n) is 5.77. The van der Waals surface area contributed by atoms with Gasteiger partial charge in [-0.25, -0.2) is 0 Å². The number of likely N-dealkylation sites (tertiary alicyclic amines) is 1. The van der Waals surface area contributed by atoms with Crippen LogP contribution in [-0.2, 0) is 0 Å². The Kier molecular flexibility index (Phi) is 2.83. The van der Waals surface area contributed by atoms with Gasteiger partial charge in [0.2, 0.25) is 0 Å². The monoisotopic (exact) mass is 234 g/mol. The van der Waals surface area contributed by atoms with E-state index in [0.717, 1.165) is 5.56 Å². The summed E-state index contributed by atoms with van der Waals surface area (Å²) >= 11 is 0. The van der Waals surface area contributed by atoms with Gasteiger partial charge >= 0.3 is 0 Å². The third-order valence-corrected chi connectivity index (χ3v) is 3.35. The van der Waals surface area contributed by atoms with E-state index in [2.05, 4.69) is 0 Å². The second-order valence-corrected chi connectivity index (χ2v) is 4.99. The molecule has 0 aromatic heterocycles. The topological polar surface area (TPSA) is 66.6 Å². The van der Waals surface area contributed by atoms with Gasteiger partial charge in [-0.05, 0) is 38.0 Å². The summed E-state index contributed by atoms with van der Waals surface area (Å²) < 4.78 is 0. The summed E-state index contributed by atoms with van der Waals surface area (Å²) in [7, 11) is 0. The van der Waals surface area contributed by atoms with E-state index in [1.165, 1.54) is 0 Å². The van der Waals surface area contributed by atoms with Crippen molar-refractivity contribution in [3.8, 4) is 0 Å². The Morgan fingerprint density at radius 1 is 1.53 bits per heavy atom. The molecule has 4 heteroatoms. The fourth-order valence-corrected chi connectivity index (χ4v) is 2.17. The number of hydrogen-bond acceptors (Lipinski definition) is 3. The van der Waals surface area contributed by atoms with Gasteiger partial charge in [0.05, 0.1) is 5.60 Å². The predicted octanol–water partition coefficient (Wildman–Crippen LogP) is 1.17. The molecule has 1 atom stereocenters. The molecule has 1 aromatic carbocycles. The Bertz CT molecular complexity index is 455. The molecule has 17 heavy (non-hydrogen) atoms. The van der Waals surface area contributed by atoms with Crippen molar-refractivity contribution in [2.24, 2.45) is 0 Å². The number of nitrogens with two attached hydrogens (primary N) is 1. The number of rotatable bonds is 1. The number of carbonyl (C=O) groups is 1. The number of nitrogen functional groups attached to an aromatic ring is 1. The van der Waals surface area contributed by atoms with Crippen molar-refractivity contribution in [1.29, 1.82) is 0 Å². The first-order chi connectivity index (χ1) is 7.91. The maximum atomic E-state index is 12.3. The second kappa shape index (κ2) is 4.04. The molecular formula is C13H18N2O2. The normalized spacial score (nSPS) is 24.1. The minimum atomic E-state index is -0.760. The SMILES string of the molecule is Cc1c(N)cccc1C(=O)N1CCC(C)(O)C1. The number of amides is 1. The lowest BCUT2D eigenvalue weighted by molar-refractivity contribution is 0.0572. The van der Waals surface area contributed by atoms with Gasteiger partial charge in [-0.1, -0.05) is 6.07 Å². The van der Waals surface area contributed by atoms with E-state index in [0.29, 0.717) is 30.8 Å². The van der Waals surface area contributed by atoms with Crippen LogP contribution < -0.4 is 5.73 Å². The molecule has 1 amide bonds. The van der Waals surface area contributed by atoms with Gasteiger partial charge in [-0.2, -0.15) is 0 Å². The van der Waals surface area contributed by atoms with Crippen molar-refractivity contribution in [2.45, 2.75) is 25.9 Å². The number of benzene rings is 1. The third kappa shape index (κ3) is 2.26. The average Bonchev–Trinajstić information content (AvgIpc) is 2.62. The molecule has 0 saturated carbocycles. The van der Waals surface area contributed by atoms with Crippen LogP contribution in [0, 0.1) is 6.92 Å². The first-order valence-corrected chi connectivity index (χ1v) is 5.77. The van der Waals surface area contributed by atoms with E-state index >= 15 is 0 Å². The molecule has 4 nitrogen and oxygen atoms in total. The van der Waals surface area contributed by atoms with Crippen LogP contribution in [0.25, 0.3) is 0 Å². The molecule has 1 unspecified atom stereocenters. The Morgan fingerprint density at radius 3 is 2.82 bits per heavy atom. The van der Waals surface area contributed by atoms with Gasteiger partial charge in [0.25, 0.3) is 5.91 Å². The van der Waals surface area contributed by atoms with E-state index in [1.807, 2.05) is 6.92 Å². The lowest BCUT2D eigenvalue weighted by atomic mass is 10.1. The molecule has 2 rings (SSSR count). The highest BCUT2D eigenvalue weighted by Crippen LogP contribution is 2.24. The standard InChI is InChI=1S/C13H18N2O2/c1-9-10(4-3-5-11(9)14)12(16)15-7-6-13(2,17)8-15/h3-5,17H,6-8,14H2,1-2H3. The Balaban J connectivity index is 2.24. The van der Waals surface area contributed by atoms with Gasteiger partial charge in [0, 0.05) is 24.3 Å². The fraction of sp³-hybridized carbons (Fsp3) is 0.462. The van der Waals surface area contributed by atoms with Crippen LogP contribution >= 0.6 is 0 Å². The number of carbonyl (C=O) groups excluding carboxylic acids is 1. The van der Waals surface area contributed by atoms with Crippen LogP contribution in [0.5, 0.6) is 0 Å². The largest absolute Gasteiger partial charge is 0.398 e. The average molecular weight is 234 g/mol. The van der Waals surface area contributed by atoms with E-state index in [1.54, 1.807) is 30.0 Å². The van der Waals surface area contributed by atoms with E-state index in [9.17, 15) is 9.90 Å². The molecule has 3 N–H and O–H groups in total.